The minimum absolute atomic E-state index is 0.274. The highest BCUT2D eigenvalue weighted by Gasteiger charge is 2.26. The minimum atomic E-state index is 0.274. The number of carbonyl (C=O) groups excluding carboxylic acids is 1. The molecular weight excluding hydrogens is 410 g/mol. The summed E-state index contributed by atoms with van der Waals surface area (Å²) in [5.74, 6) is 1.13. The molecule has 0 spiro atoms. The van der Waals surface area contributed by atoms with Crippen LogP contribution in [-0.2, 0) is 24.4 Å². The van der Waals surface area contributed by atoms with Crippen LogP contribution >= 0.6 is 0 Å². The molecule has 2 unspecified atom stereocenters. The summed E-state index contributed by atoms with van der Waals surface area (Å²) in [6.07, 6.45) is 3.90. The first kappa shape index (κ1) is 23.3. The van der Waals surface area contributed by atoms with Gasteiger partial charge in [-0.2, -0.15) is 0 Å². The molecular formula is C27H37N5O. The first-order valence-corrected chi connectivity index (χ1v) is 12.2. The second-order valence-corrected chi connectivity index (χ2v) is 9.33. The van der Waals surface area contributed by atoms with Crippen LogP contribution in [0.25, 0.3) is 0 Å². The maximum Gasteiger partial charge on any atom is 0.222 e. The highest BCUT2D eigenvalue weighted by molar-refractivity contribution is 5.80. The average Bonchev–Trinajstić information content (AvgIpc) is 3.24. The molecule has 0 bridgehead atoms. The minimum Gasteiger partial charge on any atom is -0.354 e. The second-order valence-electron chi connectivity index (χ2n) is 9.33. The Bertz CT molecular complexity index is 927. The maximum atomic E-state index is 11.8. The Balaban J connectivity index is 1.21. The van der Waals surface area contributed by atoms with Gasteiger partial charge in [0.15, 0.2) is 5.96 Å². The Hall–Kier alpha value is -2.86. The zero-order valence-electron chi connectivity index (χ0n) is 20.0. The summed E-state index contributed by atoms with van der Waals surface area (Å²) < 4.78 is 0. The molecule has 0 radical (unpaired) electrons. The van der Waals surface area contributed by atoms with Gasteiger partial charge in [0.1, 0.15) is 0 Å². The summed E-state index contributed by atoms with van der Waals surface area (Å²) >= 11 is 0. The number of nitrogens with one attached hydrogen (secondary N) is 2. The Morgan fingerprint density at radius 3 is 2.39 bits per heavy atom. The van der Waals surface area contributed by atoms with E-state index in [0.29, 0.717) is 18.5 Å². The van der Waals surface area contributed by atoms with E-state index in [0.717, 1.165) is 57.9 Å². The molecule has 2 fully saturated rings. The number of benzene rings is 2. The molecule has 0 aliphatic carbocycles. The highest BCUT2D eigenvalue weighted by atomic mass is 16.2. The van der Waals surface area contributed by atoms with Gasteiger partial charge in [0, 0.05) is 58.3 Å². The largest absolute Gasteiger partial charge is 0.354 e. The molecule has 2 N–H and O–H groups in total. The lowest BCUT2D eigenvalue weighted by Gasteiger charge is -2.38. The fraction of sp³-hybridized carbons (Fsp3) is 0.481. The van der Waals surface area contributed by atoms with Crippen LogP contribution in [0.4, 0.5) is 0 Å². The summed E-state index contributed by atoms with van der Waals surface area (Å²) in [6, 6.07) is 20.2. The van der Waals surface area contributed by atoms with Gasteiger partial charge < -0.3 is 15.5 Å². The van der Waals surface area contributed by atoms with Gasteiger partial charge in [-0.25, -0.2) is 0 Å². The van der Waals surface area contributed by atoms with E-state index in [9.17, 15) is 4.79 Å². The zero-order chi connectivity index (χ0) is 23.0. The molecule has 2 heterocycles. The number of aliphatic imine (C=N–C) groups is 1. The smallest absolute Gasteiger partial charge is 0.222 e. The molecule has 1 amide bonds. The summed E-state index contributed by atoms with van der Waals surface area (Å²) in [7, 11) is 1.83. The van der Waals surface area contributed by atoms with Gasteiger partial charge in [-0.05, 0) is 42.9 Å². The van der Waals surface area contributed by atoms with Crippen LogP contribution < -0.4 is 10.6 Å². The maximum absolute atomic E-state index is 11.8. The number of amides is 1. The molecule has 2 aliphatic heterocycles. The molecule has 2 aromatic rings. The number of carbonyl (C=O) groups is 1. The monoisotopic (exact) mass is 447 g/mol. The number of piperidine rings is 1. The van der Waals surface area contributed by atoms with Gasteiger partial charge in [0.2, 0.25) is 5.91 Å². The lowest BCUT2D eigenvalue weighted by molar-refractivity contribution is -0.128. The van der Waals surface area contributed by atoms with Gasteiger partial charge in [0.05, 0.1) is 0 Å². The van der Waals surface area contributed by atoms with Crippen LogP contribution in [0.3, 0.4) is 0 Å². The third-order valence-corrected chi connectivity index (χ3v) is 6.83. The average molecular weight is 448 g/mol. The summed E-state index contributed by atoms with van der Waals surface area (Å²) in [5.41, 5.74) is 3.78. The van der Waals surface area contributed by atoms with E-state index in [1.807, 2.05) is 11.9 Å². The van der Waals surface area contributed by atoms with Gasteiger partial charge in [0.25, 0.3) is 0 Å². The fourth-order valence-electron chi connectivity index (χ4n) is 4.83. The quantitative estimate of drug-likeness (QED) is 0.504. The van der Waals surface area contributed by atoms with Crippen molar-refractivity contribution in [1.29, 1.82) is 0 Å². The normalized spacial score (nSPS) is 21.9. The lowest BCUT2D eigenvalue weighted by atomic mass is 9.97. The molecule has 2 saturated heterocycles. The van der Waals surface area contributed by atoms with Gasteiger partial charge in [-0.1, -0.05) is 54.6 Å². The van der Waals surface area contributed by atoms with E-state index >= 15 is 0 Å². The zero-order valence-corrected chi connectivity index (χ0v) is 20.0. The van der Waals surface area contributed by atoms with Crippen LogP contribution in [0.15, 0.2) is 59.6 Å². The molecule has 0 aromatic heterocycles. The van der Waals surface area contributed by atoms with Crippen molar-refractivity contribution in [2.75, 3.05) is 20.1 Å². The van der Waals surface area contributed by atoms with Crippen molar-refractivity contribution in [3.05, 3.63) is 71.3 Å². The Labute approximate surface area is 198 Å². The van der Waals surface area contributed by atoms with E-state index in [-0.39, 0.29) is 5.91 Å². The summed E-state index contributed by atoms with van der Waals surface area (Å²) in [5, 5.41) is 7.08. The first-order chi connectivity index (χ1) is 16.1. The Morgan fingerprint density at radius 1 is 1.00 bits per heavy atom. The molecule has 2 aliphatic rings. The van der Waals surface area contributed by atoms with Crippen LogP contribution in [0.1, 0.15) is 49.3 Å². The van der Waals surface area contributed by atoms with Crippen molar-refractivity contribution < 1.29 is 4.79 Å². The number of nitrogens with zero attached hydrogens (tertiary/aromatic N) is 3. The molecule has 33 heavy (non-hydrogen) atoms. The molecule has 176 valence electrons. The summed E-state index contributed by atoms with van der Waals surface area (Å²) in [4.78, 5) is 20.8. The van der Waals surface area contributed by atoms with Crippen LogP contribution in [0.2, 0.25) is 0 Å². The number of likely N-dealkylation sites (tertiary alicyclic amines) is 2. The molecule has 4 rings (SSSR count). The fourth-order valence-corrected chi connectivity index (χ4v) is 4.83. The Kier molecular flexibility index (Phi) is 8.00. The third-order valence-electron chi connectivity index (χ3n) is 6.83. The standard InChI is InChI=1S/C27H37N5O/c1-21-17-25(14-16-31(21)19-23-7-4-3-5-8-23)30-27(28-2)29-18-22-10-12-24(13-11-22)20-32-15-6-9-26(32)33/h3-5,7-8,10-13,21,25H,6,9,14-20H2,1-2H3,(H2,28,29,30). The van der Waals surface area contributed by atoms with E-state index in [1.165, 1.54) is 16.7 Å². The van der Waals surface area contributed by atoms with Gasteiger partial charge in [-0.15, -0.1) is 0 Å². The van der Waals surface area contributed by atoms with Gasteiger partial charge in [-0.3, -0.25) is 14.7 Å². The third kappa shape index (κ3) is 6.57. The second kappa shape index (κ2) is 11.3. The lowest BCUT2D eigenvalue weighted by Crippen LogP contribution is -2.51. The molecule has 0 saturated carbocycles. The molecule has 2 aromatic carbocycles. The van der Waals surface area contributed by atoms with Crippen molar-refractivity contribution in [3.8, 4) is 0 Å². The van der Waals surface area contributed by atoms with Crippen molar-refractivity contribution in [1.82, 2.24) is 20.4 Å². The van der Waals surface area contributed by atoms with Crippen LogP contribution in [-0.4, -0.2) is 53.9 Å². The topological polar surface area (TPSA) is 60.0 Å². The SMILES string of the molecule is CN=C(NCc1ccc(CN2CCCC2=O)cc1)NC1CCN(Cc2ccccc2)C(C)C1. The van der Waals surface area contributed by atoms with Crippen LogP contribution in [0.5, 0.6) is 0 Å². The van der Waals surface area contributed by atoms with Crippen LogP contribution in [0, 0.1) is 0 Å². The Morgan fingerprint density at radius 2 is 1.73 bits per heavy atom. The molecule has 6 heteroatoms. The van der Waals surface area contributed by atoms with E-state index < -0.39 is 0 Å². The number of rotatable bonds is 7. The number of guanidine groups is 1. The van der Waals surface area contributed by atoms with Crippen molar-refractivity contribution in [2.45, 2.75) is 64.3 Å². The van der Waals surface area contributed by atoms with E-state index in [4.69, 9.17) is 0 Å². The predicted molar refractivity (Wildman–Crippen MR) is 134 cm³/mol. The molecule has 6 nitrogen and oxygen atoms in total. The molecule has 2 atom stereocenters. The van der Waals surface area contributed by atoms with E-state index in [1.54, 1.807) is 0 Å². The number of hydrogen-bond acceptors (Lipinski definition) is 3. The predicted octanol–water partition coefficient (Wildman–Crippen LogP) is 3.53. The first-order valence-electron chi connectivity index (χ1n) is 12.2. The van der Waals surface area contributed by atoms with E-state index in [2.05, 4.69) is 82.0 Å². The number of hydrogen-bond donors (Lipinski definition) is 2. The van der Waals surface area contributed by atoms with Crippen molar-refractivity contribution in [2.24, 2.45) is 4.99 Å². The van der Waals surface area contributed by atoms with Gasteiger partial charge >= 0.3 is 0 Å². The van der Waals surface area contributed by atoms with Crippen molar-refractivity contribution in [3.63, 3.8) is 0 Å². The highest BCUT2D eigenvalue weighted by Crippen LogP contribution is 2.20. The summed E-state index contributed by atoms with van der Waals surface area (Å²) in [6.45, 7) is 6.76. The van der Waals surface area contributed by atoms with Crippen molar-refractivity contribution >= 4 is 11.9 Å².